The largest absolute Gasteiger partial charge is 0.497 e. The zero-order valence-corrected chi connectivity index (χ0v) is 18.2. The molecule has 1 aliphatic rings. The van der Waals surface area contributed by atoms with E-state index in [0.29, 0.717) is 11.3 Å². The molecular formula is C25H25F3N2O3. The van der Waals surface area contributed by atoms with Crippen LogP contribution in [-0.2, 0) is 15.8 Å². The van der Waals surface area contributed by atoms with E-state index in [-0.39, 0.29) is 11.7 Å². The van der Waals surface area contributed by atoms with Gasteiger partial charge in [0.15, 0.2) is 0 Å². The number of carbonyl (C=O) groups is 2. The number of benzene rings is 2. The van der Waals surface area contributed by atoms with Crippen LogP contribution in [0.2, 0.25) is 0 Å². The van der Waals surface area contributed by atoms with Crippen molar-refractivity contribution in [2.24, 2.45) is 0 Å². The number of rotatable bonds is 6. The molecule has 0 bridgehead atoms. The lowest BCUT2D eigenvalue weighted by atomic mass is 9.94. The summed E-state index contributed by atoms with van der Waals surface area (Å²) in [7, 11) is 1.49. The maximum Gasteiger partial charge on any atom is 0.416 e. The topological polar surface area (TPSA) is 58.6 Å². The Morgan fingerprint density at radius 1 is 1.12 bits per heavy atom. The summed E-state index contributed by atoms with van der Waals surface area (Å²) in [6.07, 6.45) is 5.36. The van der Waals surface area contributed by atoms with Gasteiger partial charge in [-0.2, -0.15) is 13.2 Å². The summed E-state index contributed by atoms with van der Waals surface area (Å²) in [5.74, 6) is 1.05. The van der Waals surface area contributed by atoms with Gasteiger partial charge in [-0.05, 0) is 54.7 Å². The molecule has 2 aromatic rings. The average Bonchev–Trinajstić information content (AvgIpc) is 2.82. The van der Waals surface area contributed by atoms with Crippen molar-refractivity contribution in [1.82, 2.24) is 5.32 Å². The van der Waals surface area contributed by atoms with Gasteiger partial charge >= 0.3 is 12.1 Å². The molecule has 2 amide bonds. The summed E-state index contributed by atoms with van der Waals surface area (Å²) in [4.78, 5) is 27.2. The van der Waals surface area contributed by atoms with Crippen LogP contribution in [0.1, 0.15) is 49.3 Å². The Hall–Kier alpha value is -3.47. The van der Waals surface area contributed by atoms with Crippen molar-refractivity contribution in [1.29, 1.82) is 0 Å². The van der Waals surface area contributed by atoms with Crippen LogP contribution in [0.5, 0.6) is 5.75 Å². The van der Waals surface area contributed by atoms with Crippen molar-refractivity contribution < 1.29 is 27.5 Å². The molecule has 0 radical (unpaired) electrons. The normalized spacial score (nSPS) is 15.2. The van der Waals surface area contributed by atoms with Gasteiger partial charge in [-0.3, -0.25) is 14.5 Å². The summed E-state index contributed by atoms with van der Waals surface area (Å²) >= 11 is 0. The van der Waals surface area contributed by atoms with Crippen LogP contribution in [0.4, 0.5) is 18.9 Å². The zero-order valence-electron chi connectivity index (χ0n) is 18.2. The first-order chi connectivity index (χ1) is 15.7. The number of methoxy groups -OCH3 is 1. The molecule has 1 saturated carbocycles. The maximum absolute atomic E-state index is 13.5. The van der Waals surface area contributed by atoms with Crippen LogP contribution >= 0.6 is 0 Å². The van der Waals surface area contributed by atoms with Gasteiger partial charge in [0.05, 0.1) is 12.7 Å². The minimum absolute atomic E-state index is 0.0729. The number of ether oxygens (including phenoxy) is 1. The molecule has 0 aromatic heterocycles. The number of amides is 2. The number of anilines is 1. The predicted octanol–water partition coefficient (Wildman–Crippen LogP) is 4.87. The fraction of sp³-hybridized carbons (Fsp3) is 0.360. The Balaban J connectivity index is 2.08. The lowest BCUT2D eigenvalue weighted by Gasteiger charge is -2.32. The molecule has 2 aromatic carbocycles. The van der Waals surface area contributed by atoms with E-state index in [0.717, 1.165) is 49.1 Å². The highest BCUT2D eigenvalue weighted by molar-refractivity contribution is 6.09. The van der Waals surface area contributed by atoms with Crippen molar-refractivity contribution >= 4 is 17.5 Å². The standard InChI is InChI=1S/C25H25F3N2O3/c1-3-22(31)30(20-11-7-8-18(16-20)25(26,27)28)23(17-12-14-21(33-2)15-13-17)24(32)29-19-9-5-4-6-10-19/h1,7-8,11-16,19,23H,4-6,9-10H2,2H3,(H,29,32). The fourth-order valence-electron chi connectivity index (χ4n) is 4.02. The highest BCUT2D eigenvalue weighted by Crippen LogP contribution is 2.35. The number of nitrogens with one attached hydrogen (secondary N) is 1. The van der Waals surface area contributed by atoms with E-state index in [4.69, 9.17) is 11.2 Å². The Morgan fingerprint density at radius 2 is 1.79 bits per heavy atom. The lowest BCUT2D eigenvalue weighted by molar-refractivity contribution is -0.137. The third kappa shape index (κ3) is 5.86. The molecule has 1 fully saturated rings. The molecule has 0 heterocycles. The fourth-order valence-corrected chi connectivity index (χ4v) is 4.02. The molecule has 3 rings (SSSR count). The summed E-state index contributed by atoms with van der Waals surface area (Å²) in [6.45, 7) is 0. The smallest absolute Gasteiger partial charge is 0.416 e. The van der Waals surface area contributed by atoms with E-state index in [2.05, 4.69) is 5.32 Å². The van der Waals surface area contributed by atoms with Gasteiger partial charge in [-0.1, -0.05) is 37.5 Å². The van der Waals surface area contributed by atoms with Gasteiger partial charge in [0.25, 0.3) is 0 Å². The first kappa shape index (κ1) is 24.2. The van der Waals surface area contributed by atoms with Gasteiger partial charge in [-0.15, -0.1) is 6.42 Å². The number of terminal acetylenes is 1. The van der Waals surface area contributed by atoms with Gasteiger partial charge in [-0.25, -0.2) is 0 Å². The third-order valence-corrected chi connectivity index (χ3v) is 5.68. The monoisotopic (exact) mass is 458 g/mol. The van der Waals surface area contributed by atoms with Crippen LogP contribution in [0.25, 0.3) is 0 Å². The number of hydrogen-bond donors (Lipinski definition) is 1. The molecule has 0 spiro atoms. The number of halogens is 3. The number of hydrogen-bond acceptors (Lipinski definition) is 3. The van der Waals surface area contributed by atoms with Crippen LogP contribution in [0, 0.1) is 12.3 Å². The molecule has 1 aliphatic carbocycles. The highest BCUT2D eigenvalue weighted by Gasteiger charge is 2.36. The summed E-state index contributed by atoms with van der Waals surface area (Å²) in [6, 6.07) is 9.30. The number of alkyl halides is 3. The van der Waals surface area contributed by atoms with Crippen molar-refractivity contribution in [3.05, 3.63) is 59.7 Å². The highest BCUT2D eigenvalue weighted by atomic mass is 19.4. The predicted molar refractivity (Wildman–Crippen MR) is 119 cm³/mol. The molecule has 1 atom stereocenters. The van der Waals surface area contributed by atoms with E-state index in [1.807, 2.05) is 5.92 Å². The molecule has 1 N–H and O–H groups in total. The van der Waals surface area contributed by atoms with Crippen LogP contribution < -0.4 is 15.0 Å². The second kappa shape index (κ2) is 10.4. The molecule has 8 heteroatoms. The first-order valence-electron chi connectivity index (χ1n) is 10.7. The average molecular weight is 458 g/mol. The number of nitrogens with zero attached hydrogens (tertiary/aromatic N) is 1. The Bertz CT molecular complexity index is 1020. The van der Waals surface area contributed by atoms with Gasteiger partial charge in [0, 0.05) is 11.7 Å². The lowest BCUT2D eigenvalue weighted by Crippen LogP contribution is -2.47. The van der Waals surface area contributed by atoms with E-state index in [1.165, 1.54) is 19.2 Å². The molecule has 0 saturated heterocycles. The molecule has 174 valence electrons. The van der Waals surface area contributed by atoms with Gasteiger partial charge in [0.2, 0.25) is 5.91 Å². The quantitative estimate of drug-likeness (QED) is 0.629. The molecule has 1 unspecified atom stereocenters. The molecule has 5 nitrogen and oxygen atoms in total. The maximum atomic E-state index is 13.5. The summed E-state index contributed by atoms with van der Waals surface area (Å²) in [5, 5.41) is 2.97. The summed E-state index contributed by atoms with van der Waals surface area (Å²) in [5.41, 5.74) is -0.673. The van der Waals surface area contributed by atoms with Crippen molar-refractivity contribution in [2.75, 3.05) is 12.0 Å². The summed E-state index contributed by atoms with van der Waals surface area (Å²) < 4.78 is 45.2. The van der Waals surface area contributed by atoms with Crippen LogP contribution in [-0.4, -0.2) is 25.0 Å². The molecule has 33 heavy (non-hydrogen) atoms. The van der Waals surface area contributed by atoms with Gasteiger partial charge < -0.3 is 10.1 Å². The minimum atomic E-state index is -4.62. The zero-order chi connectivity index (χ0) is 24.0. The van der Waals surface area contributed by atoms with E-state index < -0.39 is 29.6 Å². The van der Waals surface area contributed by atoms with Crippen LogP contribution in [0.3, 0.4) is 0 Å². The Labute approximate surface area is 190 Å². The molecular weight excluding hydrogens is 433 g/mol. The Kier molecular flexibility index (Phi) is 7.64. The first-order valence-corrected chi connectivity index (χ1v) is 10.7. The van der Waals surface area contributed by atoms with E-state index >= 15 is 0 Å². The second-order valence-corrected chi connectivity index (χ2v) is 7.89. The van der Waals surface area contributed by atoms with Gasteiger partial charge in [0.1, 0.15) is 11.8 Å². The van der Waals surface area contributed by atoms with Crippen LogP contribution in [0.15, 0.2) is 48.5 Å². The van der Waals surface area contributed by atoms with E-state index in [9.17, 15) is 22.8 Å². The van der Waals surface area contributed by atoms with Crippen molar-refractivity contribution in [3.8, 4) is 18.1 Å². The number of carbonyl (C=O) groups excluding carboxylic acids is 2. The van der Waals surface area contributed by atoms with E-state index in [1.54, 1.807) is 24.3 Å². The Morgan fingerprint density at radius 3 is 2.36 bits per heavy atom. The van der Waals surface area contributed by atoms with Crippen molar-refractivity contribution in [3.63, 3.8) is 0 Å². The SMILES string of the molecule is C#CC(=O)N(c1cccc(C(F)(F)F)c1)C(C(=O)NC1CCCCC1)c1ccc(OC)cc1. The molecule has 0 aliphatic heterocycles. The second-order valence-electron chi connectivity index (χ2n) is 7.89. The minimum Gasteiger partial charge on any atom is -0.497 e. The van der Waals surface area contributed by atoms with Crippen molar-refractivity contribution in [2.45, 2.75) is 50.4 Å². The third-order valence-electron chi connectivity index (χ3n) is 5.68.